The molecule has 8 heteroatoms. The highest BCUT2D eigenvalue weighted by Gasteiger charge is 2.19. The summed E-state index contributed by atoms with van der Waals surface area (Å²) < 4.78 is 5.12. The molecule has 25 heavy (non-hydrogen) atoms. The number of phenolic OH excluding ortho intramolecular Hbond substituents is 1. The van der Waals surface area contributed by atoms with Gasteiger partial charge >= 0.3 is 0 Å². The number of nitrogens with one attached hydrogen (secondary N) is 2. The zero-order valence-corrected chi connectivity index (χ0v) is 14.8. The third kappa shape index (κ3) is 4.55. The molecule has 0 unspecified atom stereocenters. The smallest absolute Gasteiger partial charge is 0.256 e. The molecule has 2 aromatic carbocycles. The molecule has 0 bridgehead atoms. The highest BCUT2D eigenvalue weighted by molar-refractivity contribution is 6.37. The Hall–Kier alpha value is -2.44. The molecule has 0 saturated heterocycles. The van der Waals surface area contributed by atoms with Crippen LogP contribution >= 0.6 is 23.2 Å². The van der Waals surface area contributed by atoms with E-state index in [0.717, 1.165) is 0 Å². The number of benzene rings is 2. The second kappa shape index (κ2) is 8.60. The van der Waals surface area contributed by atoms with Gasteiger partial charge in [-0.1, -0.05) is 35.3 Å². The molecule has 0 aliphatic rings. The fourth-order valence-electron chi connectivity index (χ4n) is 2.15. The van der Waals surface area contributed by atoms with Gasteiger partial charge in [0.05, 0.1) is 22.7 Å². The maximum absolute atomic E-state index is 12.3. The lowest BCUT2D eigenvalue weighted by atomic mass is 10.2. The van der Waals surface area contributed by atoms with E-state index in [2.05, 4.69) is 10.6 Å². The number of phenols is 1. The maximum Gasteiger partial charge on any atom is 0.256 e. The van der Waals surface area contributed by atoms with Gasteiger partial charge in [0.2, 0.25) is 0 Å². The van der Waals surface area contributed by atoms with E-state index in [0.29, 0.717) is 0 Å². The van der Waals surface area contributed by atoms with Crippen LogP contribution in [-0.2, 0) is 0 Å². The molecule has 3 N–H and O–H groups in total. The maximum atomic E-state index is 12.3. The summed E-state index contributed by atoms with van der Waals surface area (Å²) in [5, 5.41) is 15.3. The Balaban J connectivity index is 1.93. The molecule has 0 aliphatic carbocycles. The zero-order chi connectivity index (χ0) is 18.4. The van der Waals surface area contributed by atoms with E-state index in [4.69, 9.17) is 27.9 Å². The standard InChI is InChI=1S/C17H16Cl2N2O4/c1-25-15-12(19)7-6-11(18)14(15)17(24)21-9-8-20-16(23)10-4-2-3-5-13(10)22/h2-7,22H,8-9H2,1H3,(H,20,23)(H,21,24). The first-order valence-corrected chi connectivity index (χ1v) is 8.07. The SMILES string of the molecule is COc1c(Cl)ccc(Cl)c1C(=O)NCCNC(=O)c1ccccc1O. The van der Waals surface area contributed by atoms with E-state index >= 15 is 0 Å². The highest BCUT2D eigenvalue weighted by Crippen LogP contribution is 2.33. The molecule has 0 saturated carbocycles. The molecular formula is C17H16Cl2N2O4. The van der Waals surface area contributed by atoms with Gasteiger partial charge in [-0.2, -0.15) is 0 Å². The quantitative estimate of drug-likeness (QED) is 0.670. The molecule has 0 aromatic heterocycles. The van der Waals surface area contributed by atoms with Crippen LogP contribution in [0.3, 0.4) is 0 Å². The number of ether oxygens (including phenoxy) is 1. The number of carbonyl (C=O) groups is 2. The average molecular weight is 383 g/mol. The van der Waals surface area contributed by atoms with Crippen LogP contribution in [0.25, 0.3) is 0 Å². The van der Waals surface area contributed by atoms with Crippen molar-refractivity contribution in [1.82, 2.24) is 10.6 Å². The Bertz CT molecular complexity index is 796. The van der Waals surface area contributed by atoms with Crippen LogP contribution in [0, 0.1) is 0 Å². The van der Waals surface area contributed by atoms with Crippen LogP contribution in [0.4, 0.5) is 0 Å². The van der Waals surface area contributed by atoms with E-state index in [1.54, 1.807) is 12.1 Å². The Kier molecular flexibility index (Phi) is 6.50. The average Bonchev–Trinajstić information content (AvgIpc) is 2.60. The Labute approximate surface area is 154 Å². The molecule has 2 aromatic rings. The van der Waals surface area contributed by atoms with Crippen molar-refractivity contribution in [1.29, 1.82) is 0 Å². The van der Waals surface area contributed by atoms with E-state index < -0.39 is 11.8 Å². The number of rotatable bonds is 6. The van der Waals surface area contributed by atoms with Crippen molar-refractivity contribution in [3.05, 3.63) is 57.6 Å². The van der Waals surface area contributed by atoms with Gasteiger partial charge in [0.1, 0.15) is 11.3 Å². The summed E-state index contributed by atoms with van der Waals surface area (Å²) in [4.78, 5) is 24.2. The Morgan fingerprint density at radius 2 is 1.60 bits per heavy atom. The summed E-state index contributed by atoms with van der Waals surface area (Å²) in [6.45, 7) is 0.323. The van der Waals surface area contributed by atoms with E-state index in [-0.39, 0.29) is 45.8 Å². The number of hydrogen-bond donors (Lipinski definition) is 3. The van der Waals surface area contributed by atoms with Crippen molar-refractivity contribution in [2.45, 2.75) is 0 Å². The summed E-state index contributed by atoms with van der Waals surface area (Å²) in [6, 6.07) is 9.22. The van der Waals surface area contributed by atoms with Gasteiger partial charge in [-0.15, -0.1) is 0 Å². The van der Waals surface area contributed by atoms with Gasteiger partial charge in [0.15, 0.2) is 5.75 Å². The van der Waals surface area contributed by atoms with Crippen molar-refractivity contribution in [3.8, 4) is 11.5 Å². The molecule has 6 nitrogen and oxygen atoms in total. The summed E-state index contributed by atoms with van der Waals surface area (Å²) in [7, 11) is 1.39. The first-order valence-electron chi connectivity index (χ1n) is 7.32. The molecule has 0 fully saturated rings. The van der Waals surface area contributed by atoms with E-state index in [1.165, 1.54) is 31.4 Å². The van der Waals surface area contributed by atoms with Crippen LogP contribution in [0.15, 0.2) is 36.4 Å². The first-order chi connectivity index (χ1) is 12.0. The highest BCUT2D eigenvalue weighted by atomic mass is 35.5. The lowest BCUT2D eigenvalue weighted by molar-refractivity contribution is 0.0924. The minimum atomic E-state index is -0.471. The molecule has 0 heterocycles. The van der Waals surface area contributed by atoms with Gasteiger partial charge in [-0.05, 0) is 24.3 Å². The van der Waals surface area contributed by atoms with E-state index in [1.807, 2.05) is 0 Å². The molecule has 0 radical (unpaired) electrons. The fourth-order valence-corrected chi connectivity index (χ4v) is 2.61. The second-order valence-corrected chi connectivity index (χ2v) is 5.78. The van der Waals surface area contributed by atoms with E-state index in [9.17, 15) is 14.7 Å². The topological polar surface area (TPSA) is 87.7 Å². The van der Waals surface area contributed by atoms with Crippen LogP contribution in [-0.4, -0.2) is 37.1 Å². The molecule has 0 spiro atoms. The van der Waals surface area contributed by atoms with Crippen molar-refractivity contribution < 1.29 is 19.4 Å². The molecule has 2 rings (SSSR count). The lowest BCUT2D eigenvalue weighted by Crippen LogP contribution is -2.35. The number of para-hydroxylation sites is 1. The zero-order valence-electron chi connectivity index (χ0n) is 13.3. The van der Waals surface area contributed by atoms with Crippen molar-refractivity contribution in [2.24, 2.45) is 0 Å². The molecule has 0 aliphatic heterocycles. The molecule has 2 amide bonds. The number of amides is 2. The minimum Gasteiger partial charge on any atom is -0.507 e. The van der Waals surface area contributed by atoms with Gasteiger partial charge in [0, 0.05) is 13.1 Å². The lowest BCUT2D eigenvalue weighted by Gasteiger charge is -2.12. The molecular weight excluding hydrogens is 367 g/mol. The third-order valence-corrected chi connectivity index (χ3v) is 3.95. The number of aromatic hydroxyl groups is 1. The van der Waals surface area contributed by atoms with Gasteiger partial charge in [-0.3, -0.25) is 9.59 Å². The molecule has 0 atom stereocenters. The van der Waals surface area contributed by atoms with Crippen molar-refractivity contribution in [3.63, 3.8) is 0 Å². The number of methoxy groups -OCH3 is 1. The Morgan fingerprint density at radius 3 is 2.24 bits per heavy atom. The van der Waals surface area contributed by atoms with Gasteiger partial charge < -0.3 is 20.5 Å². The predicted molar refractivity (Wildman–Crippen MR) is 95.8 cm³/mol. The summed E-state index contributed by atoms with van der Waals surface area (Å²) in [6.07, 6.45) is 0. The van der Waals surface area contributed by atoms with Crippen LogP contribution in [0.5, 0.6) is 11.5 Å². The second-order valence-electron chi connectivity index (χ2n) is 4.97. The minimum absolute atomic E-state index is 0.112. The summed E-state index contributed by atoms with van der Waals surface area (Å²) >= 11 is 12.0. The fraction of sp³-hybridized carbons (Fsp3) is 0.176. The van der Waals surface area contributed by atoms with Gasteiger partial charge in [0.25, 0.3) is 11.8 Å². The number of hydrogen-bond acceptors (Lipinski definition) is 4. The third-order valence-electron chi connectivity index (χ3n) is 3.33. The van der Waals surface area contributed by atoms with Crippen LogP contribution < -0.4 is 15.4 Å². The normalized spacial score (nSPS) is 10.2. The Morgan fingerprint density at radius 1 is 1.00 bits per heavy atom. The summed E-state index contributed by atoms with van der Waals surface area (Å²) in [5.74, 6) is -0.837. The number of carbonyl (C=O) groups excluding carboxylic acids is 2. The summed E-state index contributed by atoms with van der Waals surface area (Å²) in [5.41, 5.74) is 0.289. The number of halogens is 2. The predicted octanol–water partition coefficient (Wildman–Crippen LogP) is 2.87. The van der Waals surface area contributed by atoms with Crippen molar-refractivity contribution in [2.75, 3.05) is 20.2 Å². The molecule has 132 valence electrons. The van der Waals surface area contributed by atoms with Crippen LogP contribution in [0.2, 0.25) is 10.0 Å². The van der Waals surface area contributed by atoms with Crippen molar-refractivity contribution >= 4 is 35.0 Å². The monoisotopic (exact) mass is 382 g/mol. The van der Waals surface area contributed by atoms with Crippen LogP contribution in [0.1, 0.15) is 20.7 Å². The first kappa shape index (κ1) is 18.9. The van der Waals surface area contributed by atoms with Gasteiger partial charge in [-0.25, -0.2) is 0 Å². The largest absolute Gasteiger partial charge is 0.507 e.